The second-order valence-corrected chi connectivity index (χ2v) is 7.45. The molecule has 0 unspecified atom stereocenters. The van der Waals surface area contributed by atoms with Gasteiger partial charge in [-0.2, -0.15) is 0 Å². The number of H-pyrrole nitrogens is 1. The normalized spacial score (nSPS) is 19.0. The molecule has 1 fully saturated rings. The molecule has 0 aliphatic carbocycles. The van der Waals surface area contributed by atoms with Crippen molar-refractivity contribution in [3.8, 4) is 0 Å². The van der Waals surface area contributed by atoms with E-state index in [1.54, 1.807) is 4.90 Å². The number of carbonyl (C=O) groups excluding carboxylic acids is 1. The SMILES string of the molecule is C/C=C1/CN(C(=O)OC(C)(C)C)CC/C1=C/c1cc2ccccc2[nH]1. The fourth-order valence-corrected chi connectivity index (χ4v) is 3.09. The fraction of sp³-hybridized carbons (Fsp3) is 0.381. The molecule has 132 valence electrons. The van der Waals surface area contributed by atoms with E-state index >= 15 is 0 Å². The Morgan fingerprint density at radius 1 is 1.24 bits per heavy atom. The van der Waals surface area contributed by atoms with E-state index in [9.17, 15) is 4.79 Å². The van der Waals surface area contributed by atoms with Crippen LogP contribution in [0.2, 0.25) is 0 Å². The average molecular weight is 338 g/mol. The Morgan fingerprint density at radius 3 is 2.68 bits per heavy atom. The molecular weight excluding hydrogens is 312 g/mol. The van der Waals surface area contributed by atoms with E-state index in [0.717, 1.165) is 17.6 Å². The van der Waals surface area contributed by atoms with E-state index in [0.29, 0.717) is 13.1 Å². The average Bonchev–Trinajstić information content (AvgIpc) is 2.95. The predicted molar refractivity (Wildman–Crippen MR) is 102 cm³/mol. The van der Waals surface area contributed by atoms with Crippen molar-refractivity contribution in [2.75, 3.05) is 13.1 Å². The third-order valence-corrected chi connectivity index (χ3v) is 4.31. The number of amides is 1. The van der Waals surface area contributed by atoms with E-state index in [1.807, 2.05) is 39.8 Å². The number of fused-ring (bicyclic) bond motifs is 1. The molecule has 1 N–H and O–H groups in total. The number of piperidine rings is 1. The minimum atomic E-state index is -0.465. The number of hydrogen-bond donors (Lipinski definition) is 1. The van der Waals surface area contributed by atoms with Gasteiger partial charge in [-0.15, -0.1) is 0 Å². The smallest absolute Gasteiger partial charge is 0.410 e. The summed E-state index contributed by atoms with van der Waals surface area (Å²) in [7, 11) is 0. The molecule has 2 heterocycles. The Balaban J connectivity index is 1.77. The molecule has 1 saturated heterocycles. The largest absolute Gasteiger partial charge is 0.444 e. The summed E-state index contributed by atoms with van der Waals surface area (Å²) in [6.07, 6.45) is 4.87. The number of likely N-dealkylation sites (tertiary alicyclic amines) is 1. The molecule has 0 atom stereocenters. The zero-order chi connectivity index (χ0) is 18.0. The summed E-state index contributed by atoms with van der Waals surface area (Å²) in [5, 5.41) is 1.21. The molecule has 1 aromatic heterocycles. The van der Waals surface area contributed by atoms with Gasteiger partial charge in [0.1, 0.15) is 5.60 Å². The van der Waals surface area contributed by atoms with Crippen molar-refractivity contribution in [1.29, 1.82) is 0 Å². The Kier molecular flexibility index (Phi) is 4.71. The maximum Gasteiger partial charge on any atom is 0.410 e. The van der Waals surface area contributed by atoms with Crippen LogP contribution in [0.4, 0.5) is 4.79 Å². The molecule has 4 heteroatoms. The number of aromatic nitrogens is 1. The van der Waals surface area contributed by atoms with Crippen molar-refractivity contribution < 1.29 is 9.53 Å². The molecule has 0 saturated carbocycles. The van der Waals surface area contributed by atoms with Crippen LogP contribution in [0.5, 0.6) is 0 Å². The molecule has 3 rings (SSSR count). The number of aromatic amines is 1. The summed E-state index contributed by atoms with van der Waals surface area (Å²) in [5.74, 6) is 0. The Labute approximate surface area is 149 Å². The van der Waals surface area contributed by atoms with Crippen LogP contribution in [0.25, 0.3) is 17.0 Å². The summed E-state index contributed by atoms with van der Waals surface area (Å²) in [5.41, 5.74) is 4.22. The number of benzene rings is 1. The van der Waals surface area contributed by atoms with Crippen molar-refractivity contribution >= 4 is 23.1 Å². The molecule has 1 aromatic carbocycles. The first kappa shape index (κ1) is 17.3. The van der Waals surface area contributed by atoms with Crippen molar-refractivity contribution in [1.82, 2.24) is 9.88 Å². The zero-order valence-electron chi connectivity index (χ0n) is 15.4. The first-order valence-electron chi connectivity index (χ1n) is 8.77. The van der Waals surface area contributed by atoms with Gasteiger partial charge in [-0.1, -0.05) is 24.3 Å². The predicted octanol–water partition coefficient (Wildman–Crippen LogP) is 5.14. The quantitative estimate of drug-likeness (QED) is 0.782. The van der Waals surface area contributed by atoms with Crippen LogP contribution in [0.15, 0.2) is 47.6 Å². The molecule has 0 spiro atoms. The highest BCUT2D eigenvalue weighted by Gasteiger charge is 2.26. The lowest BCUT2D eigenvalue weighted by molar-refractivity contribution is 0.0259. The van der Waals surface area contributed by atoms with Gasteiger partial charge < -0.3 is 14.6 Å². The number of nitrogens with one attached hydrogen (secondary N) is 1. The number of rotatable bonds is 1. The summed E-state index contributed by atoms with van der Waals surface area (Å²) >= 11 is 0. The highest BCUT2D eigenvalue weighted by molar-refractivity contribution is 5.83. The number of allylic oxidation sites excluding steroid dienone is 1. The van der Waals surface area contributed by atoms with Crippen LogP contribution >= 0.6 is 0 Å². The monoisotopic (exact) mass is 338 g/mol. The summed E-state index contributed by atoms with van der Waals surface area (Å²) in [4.78, 5) is 17.5. The first-order valence-corrected chi connectivity index (χ1v) is 8.77. The Morgan fingerprint density at radius 2 is 2.00 bits per heavy atom. The third-order valence-electron chi connectivity index (χ3n) is 4.31. The summed E-state index contributed by atoms with van der Waals surface area (Å²) in [6.45, 7) is 8.98. The molecule has 1 amide bonds. The lowest BCUT2D eigenvalue weighted by Gasteiger charge is -2.32. The summed E-state index contributed by atoms with van der Waals surface area (Å²) in [6, 6.07) is 10.4. The molecular formula is C21H26N2O2. The van der Waals surface area contributed by atoms with E-state index in [2.05, 4.69) is 35.3 Å². The van der Waals surface area contributed by atoms with E-state index in [1.165, 1.54) is 16.5 Å². The Bertz CT molecular complexity index is 804. The molecule has 4 nitrogen and oxygen atoms in total. The van der Waals surface area contributed by atoms with Crippen molar-refractivity contribution in [2.24, 2.45) is 0 Å². The molecule has 2 aromatic rings. The van der Waals surface area contributed by atoms with Gasteiger partial charge >= 0.3 is 6.09 Å². The highest BCUT2D eigenvalue weighted by Crippen LogP contribution is 2.27. The lowest BCUT2D eigenvalue weighted by Crippen LogP contribution is -2.41. The minimum absolute atomic E-state index is 0.239. The molecule has 0 bridgehead atoms. The standard InChI is InChI=1S/C21H26N2O2/c1-5-15-14-23(20(24)25-21(2,3)4)11-10-16(15)12-18-13-17-8-6-7-9-19(17)22-18/h5-9,12-13,22H,10-11,14H2,1-4H3/b15-5-,16-12-. The van der Waals surface area contributed by atoms with Crippen LogP contribution in [0.1, 0.15) is 39.8 Å². The second kappa shape index (κ2) is 6.79. The molecule has 1 aliphatic rings. The number of nitrogens with zero attached hydrogens (tertiary/aromatic N) is 1. The van der Waals surface area contributed by atoms with Gasteiger partial charge in [0.15, 0.2) is 0 Å². The maximum atomic E-state index is 12.3. The zero-order valence-corrected chi connectivity index (χ0v) is 15.4. The molecule has 1 aliphatic heterocycles. The van der Waals surface area contributed by atoms with Crippen LogP contribution in [-0.2, 0) is 4.74 Å². The van der Waals surface area contributed by atoms with Gasteiger partial charge in [-0.05, 0) is 68.9 Å². The van der Waals surface area contributed by atoms with E-state index < -0.39 is 5.60 Å². The first-order chi connectivity index (χ1) is 11.9. The van der Waals surface area contributed by atoms with Gasteiger partial charge in [0.2, 0.25) is 0 Å². The van der Waals surface area contributed by atoms with Crippen molar-refractivity contribution in [3.05, 3.63) is 53.2 Å². The number of carbonyl (C=O) groups is 1. The number of ether oxygens (including phenoxy) is 1. The van der Waals surface area contributed by atoms with Crippen molar-refractivity contribution in [2.45, 2.75) is 39.7 Å². The van der Waals surface area contributed by atoms with Crippen LogP contribution in [0.3, 0.4) is 0 Å². The van der Waals surface area contributed by atoms with Crippen molar-refractivity contribution in [3.63, 3.8) is 0 Å². The van der Waals surface area contributed by atoms with Gasteiger partial charge in [0.25, 0.3) is 0 Å². The van der Waals surface area contributed by atoms with Gasteiger partial charge in [0.05, 0.1) is 0 Å². The molecule has 25 heavy (non-hydrogen) atoms. The second-order valence-electron chi connectivity index (χ2n) is 7.45. The van der Waals surface area contributed by atoms with Crippen LogP contribution in [-0.4, -0.2) is 34.7 Å². The third kappa shape index (κ3) is 4.13. The Hall–Kier alpha value is -2.49. The topological polar surface area (TPSA) is 45.3 Å². The van der Waals surface area contributed by atoms with E-state index in [-0.39, 0.29) is 6.09 Å². The van der Waals surface area contributed by atoms with E-state index in [4.69, 9.17) is 4.74 Å². The van der Waals surface area contributed by atoms with Gasteiger partial charge in [-0.3, -0.25) is 0 Å². The van der Waals surface area contributed by atoms with Gasteiger partial charge in [-0.25, -0.2) is 4.79 Å². The maximum absolute atomic E-state index is 12.3. The minimum Gasteiger partial charge on any atom is -0.444 e. The van der Waals surface area contributed by atoms with Crippen LogP contribution < -0.4 is 0 Å². The fourth-order valence-electron chi connectivity index (χ4n) is 3.09. The highest BCUT2D eigenvalue weighted by atomic mass is 16.6. The summed E-state index contributed by atoms with van der Waals surface area (Å²) < 4.78 is 5.50. The van der Waals surface area contributed by atoms with Gasteiger partial charge in [0, 0.05) is 24.3 Å². The lowest BCUT2D eigenvalue weighted by atomic mass is 9.96. The molecule has 0 radical (unpaired) electrons. The van der Waals surface area contributed by atoms with Crippen LogP contribution in [0, 0.1) is 0 Å². The number of para-hydroxylation sites is 1. The number of hydrogen-bond acceptors (Lipinski definition) is 2.